The lowest BCUT2D eigenvalue weighted by Gasteiger charge is -2.54. The minimum atomic E-state index is -1.75. The molecule has 2 aliphatic rings. The second-order valence-corrected chi connectivity index (χ2v) is 13.9. The average Bonchev–Trinajstić information content (AvgIpc) is 2.56. The molecule has 3 rings (SSSR count). The fraction of sp³-hybridized carbons (Fsp3) is 0.714. The van der Waals surface area contributed by atoms with Crippen molar-refractivity contribution < 1.29 is 4.43 Å². The Bertz CT molecular complexity index is 580. The Hall–Kier alpha value is -0.0631. The highest BCUT2D eigenvalue weighted by molar-refractivity contribution is 6.73. The van der Waals surface area contributed by atoms with E-state index in [4.69, 9.17) is 27.6 Å². The molecule has 0 saturated heterocycles. The van der Waals surface area contributed by atoms with E-state index in [0.717, 1.165) is 40.3 Å². The maximum Gasteiger partial charge on any atom is 0.192 e. The van der Waals surface area contributed by atoms with Crippen LogP contribution in [0.1, 0.15) is 64.5 Å². The van der Waals surface area contributed by atoms with Crippen LogP contribution in [0, 0.1) is 5.41 Å². The molecule has 1 aromatic carbocycles. The summed E-state index contributed by atoms with van der Waals surface area (Å²) in [6, 6.07) is 9.79. The molecule has 0 amide bonds. The molecule has 0 radical (unpaired) electrons. The van der Waals surface area contributed by atoms with E-state index >= 15 is 0 Å². The van der Waals surface area contributed by atoms with Crippen molar-refractivity contribution in [1.29, 1.82) is 0 Å². The molecule has 146 valence electrons. The van der Waals surface area contributed by atoms with Crippen molar-refractivity contribution in [1.82, 2.24) is 5.32 Å². The van der Waals surface area contributed by atoms with E-state index < -0.39 is 8.32 Å². The summed E-state index contributed by atoms with van der Waals surface area (Å²) in [6.07, 6.45) is 6.88. The van der Waals surface area contributed by atoms with Crippen LogP contribution in [0.25, 0.3) is 0 Å². The van der Waals surface area contributed by atoms with E-state index in [9.17, 15) is 0 Å². The van der Waals surface area contributed by atoms with Crippen LogP contribution in [-0.2, 0) is 4.43 Å². The van der Waals surface area contributed by atoms with E-state index in [1.54, 1.807) is 0 Å². The van der Waals surface area contributed by atoms with Gasteiger partial charge in [-0.15, -0.1) is 0 Å². The third-order valence-corrected chi connectivity index (χ3v) is 12.3. The van der Waals surface area contributed by atoms with Crippen LogP contribution in [0.2, 0.25) is 28.2 Å². The molecule has 1 unspecified atom stereocenters. The summed E-state index contributed by atoms with van der Waals surface area (Å²) in [5.74, 6) is 0. The lowest BCUT2D eigenvalue weighted by Crippen LogP contribution is -2.53. The number of rotatable bonds is 9. The third kappa shape index (κ3) is 4.17. The van der Waals surface area contributed by atoms with E-state index in [1.807, 2.05) is 18.2 Å². The first-order valence-corrected chi connectivity index (χ1v) is 13.6. The maximum absolute atomic E-state index is 6.85. The van der Waals surface area contributed by atoms with Crippen LogP contribution in [-0.4, -0.2) is 20.9 Å². The molecule has 26 heavy (non-hydrogen) atoms. The number of hydrogen-bond acceptors (Lipinski definition) is 2. The molecule has 1 spiro atoms. The van der Waals surface area contributed by atoms with Gasteiger partial charge in [-0.1, -0.05) is 56.5 Å². The van der Waals surface area contributed by atoms with Crippen molar-refractivity contribution >= 4 is 31.5 Å². The van der Waals surface area contributed by atoms with Crippen LogP contribution in [0.5, 0.6) is 0 Å². The Morgan fingerprint density at radius 2 is 1.69 bits per heavy atom. The Morgan fingerprint density at radius 1 is 1.12 bits per heavy atom. The quantitative estimate of drug-likeness (QED) is 0.440. The van der Waals surface area contributed by atoms with Gasteiger partial charge >= 0.3 is 0 Å². The zero-order valence-corrected chi connectivity index (χ0v) is 18.9. The van der Waals surface area contributed by atoms with Crippen LogP contribution >= 0.6 is 23.2 Å². The van der Waals surface area contributed by atoms with E-state index in [0.29, 0.717) is 11.5 Å². The highest BCUT2D eigenvalue weighted by Gasteiger charge is 2.48. The maximum atomic E-state index is 6.85. The van der Waals surface area contributed by atoms with E-state index in [2.05, 4.69) is 26.1 Å². The van der Waals surface area contributed by atoms with Gasteiger partial charge in [0.05, 0.1) is 6.10 Å². The predicted octanol–water partition coefficient (Wildman–Crippen LogP) is 6.98. The Morgan fingerprint density at radius 3 is 2.15 bits per heavy atom. The molecule has 0 aliphatic heterocycles. The summed E-state index contributed by atoms with van der Waals surface area (Å²) >= 11 is 13.1. The fourth-order valence-corrected chi connectivity index (χ4v) is 8.26. The SMILES string of the molecule is CC[Si](CC)(CC)OC(CNC1CC2(CCC2)C1)c1c(Cl)cccc1Cl. The molecule has 1 N–H and O–H groups in total. The highest BCUT2D eigenvalue weighted by Crippen LogP contribution is 2.55. The van der Waals surface area contributed by atoms with Crippen molar-refractivity contribution in [2.75, 3.05) is 6.54 Å². The number of halogens is 2. The molecular weight excluding hydrogens is 381 g/mol. The third-order valence-electron chi connectivity index (χ3n) is 7.01. The Kier molecular flexibility index (Phi) is 6.78. The normalized spacial score (nSPS) is 20.7. The molecule has 2 fully saturated rings. The van der Waals surface area contributed by atoms with Crippen molar-refractivity contribution in [2.45, 2.75) is 83.2 Å². The van der Waals surface area contributed by atoms with E-state index in [1.165, 1.54) is 32.1 Å². The van der Waals surface area contributed by atoms with Crippen molar-refractivity contribution in [3.63, 3.8) is 0 Å². The van der Waals surface area contributed by atoms with Crippen LogP contribution in [0.3, 0.4) is 0 Å². The van der Waals surface area contributed by atoms with Crippen molar-refractivity contribution in [2.24, 2.45) is 5.41 Å². The first-order chi connectivity index (χ1) is 12.5. The second-order valence-electron chi connectivity index (χ2n) is 8.35. The monoisotopic (exact) mass is 413 g/mol. The van der Waals surface area contributed by atoms with Gasteiger partial charge in [-0.05, 0) is 61.4 Å². The standard InChI is InChI=1S/C21H33Cl2NOSi/c1-4-26(5-2,6-3)25-19(20-17(22)9-7-10-18(20)23)15-24-16-13-21(14-16)11-8-12-21/h7,9-10,16,19,24H,4-6,8,11-15H2,1-3H3. The summed E-state index contributed by atoms with van der Waals surface area (Å²) in [5.41, 5.74) is 1.65. The van der Waals surface area contributed by atoms with Gasteiger partial charge < -0.3 is 9.74 Å². The topological polar surface area (TPSA) is 21.3 Å². The van der Waals surface area contributed by atoms with Gasteiger partial charge in [0.15, 0.2) is 8.32 Å². The summed E-state index contributed by atoms with van der Waals surface area (Å²) in [4.78, 5) is 0. The number of benzene rings is 1. The molecule has 1 atom stereocenters. The van der Waals surface area contributed by atoms with Crippen LogP contribution in [0.15, 0.2) is 18.2 Å². The Labute approximate surface area is 170 Å². The molecule has 5 heteroatoms. The largest absolute Gasteiger partial charge is 0.409 e. The summed E-state index contributed by atoms with van der Waals surface area (Å²) in [7, 11) is -1.75. The van der Waals surface area contributed by atoms with Gasteiger partial charge in [-0.2, -0.15) is 0 Å². The molecule has 1 aromatic rings. The summed E-state index contributed by atoms with van der Waals surface area (Å²) < 4.78 is 6.85. The zero-order valence-electron chi connectivity index (χ0n) is 16.4. The Balaban J connectivity index is 1.73. The van der Waals surface area contributed by atoms with Gasteiger partial charge in [0.1, 0.15) is 0 Å². The second kappa shape index (κ2) is 8.53. The molecule has 0 heterocycles. The lowest BCUT2D eigenvalue weighted by molar-refractivity contribution is -0.00565. The zero-order chi connectivity index (χ0) is 18.8. The average molecular weight is 414 g/mol. The number of hydrogen-bond donors (Lipinski definition) is 1. The van der Waals surface area contributed by atoms with Crippen LogP contribution in [0.4, 0.5) is 0 Å². The molecular formula is C21H33Cl2NOSi. The van der Waals surface area contributed by atoms with Gasteiger partial charge in [-0.3, -0.25) is 0 Å². The first-order valence-electron chi connectivity index (χ1n) is 10.3. The van der Waals surface area contributed by atoms with Gasteiger partial charge in [0.2, 0.25) is 0 Å². The minimum Gasteiger partial charge on any atom is -0.409 e. The highest BCUT2D eigenvalue weighted by atomic mass is 35.5. The molecule has 2 aliphatic carbocycles. The van der Waals surface area contributed by atoms with Crippen molar-refractivity contribution in [3.8, 4) is 0 Å². The fourth-order valence-electron chi connectivity index (χ4n) is 4.81. The van der Waals surface area contributed by atoms with Gasteiger partial charge in [-0.25, -0.2) is 0 Å². The lowest BCUT2D eigenvalue weighted by atomic mass is 9.54. The van der Waals surface area contributed by atoms with Gasteiger partial charge in [0.25, 0.3) is 0 Å². The van der Waals surface area contributed by atoms with Crippen molar-refractivity contribution in [3.05, 3.63) is 33.8 Å². The molecule has 2 saturated carbocycles. The predicted molar refractivity (Wildman–Crippen MR) is 115 cm³/mol. The van der Waals surface area contributed by atoms with Crippen LogP contribution < -0.4 is 5.32 Å². The smallest absolute Gasteiger partial charge is 0.192 e. The number of nitrogens with one attached hydrogen (secondary N) is 1. The minimum absolute atomic E-state index is 0.0549. The summed E-state index contributed by atoms with van der Waals surface area (Å²) in [6.45, 7) is 7.61. The molecule has 0 aromatic heterocycles. The van der Waals surface area contributed by atoms with E-state index in [-0.39, 0.29) is 6.10 Å². The van der Waals surface area contributed by atoms with Gasteiger partial charge in [0, 0.05) is 28.2 Å². The first kappa shape index (κ1) is 20.7. The summed E-state index contributed by atoms with van der Waals surface area (Å²) in [5, 5.41) is 5.21. The molecule has 2 nitrogen and oxygen atoms in total. The molecule has 0 bridgehead atoms.